The maximum absolute atomic E-state index is 9.23. The van der Waals surface area contributed by atoms with E-state index in [1.54, 1.807) is 12.1 Å². The lowest BCUT2D eigenvalue weighted by Crippen LogP contribution is -2.36. The smallest absolute Gasteiger partial charge is 0.115 e. The molecule has 0 aromatic heterocycles. The molecule has 100 valence electrons. The van der Waals surface area contributed by atoms with Gasteiger partial charge >= 0.3 is 0 Å². The number of likely N-dealkylation sites (tertiary alicyclic amines) is 1. The zero-order valence-electron chi connectivity index (χ0n) is 10.6. The predicted molar refractivity (Wildman–Crippen MR) is 69.4 cm³/mol. The minimum atomic E-state index is 0.105. The van der Waals surface area contributed by atoms with Crippen LogP contribution in [0.3, 0.4) is 0 Å². The first-order chi connectivity index (χ1) is 8.78. The quantitative estimate of drug-likeness (QED) is 0.830. The van der Waals surface area contributed by atoms with Crippen molar-refractivity contribution in [2.45, 2.75) is 25.5 Å². The molecule has 0 radical (unpaired) electrons. The molecule has 18 heavy (non-hydrogen) atoms. The molecule has 0 atom stereocenters. The van der Waals surface area contributed by atoms with Gasteiger partial charge in [0.1, 0.15) is 5.75 Å². The molecule has 4 heteroatoms. The monoisotopic (exact) mass is 251 g/mol. The fourth-order valence-corrected chi connectivity index (χ4v) is 2.31. The molecule has 0 spiro atoms. The lowest BCUT2D eigenvalue weighted by Gasteiger charge is -2.31. The number of ether oxygens (including phenoxy) is 1. The number of phenolic OH excluding ortho intramolecular Hbond substituents is 1. The van der Waals surface area contributed by atoms with Crippen molar-refractivity contribution < 1.29 is 14.9 Å². The summed E-state index contributed by atoms with van der Waals surface area (Å²) < 4.78 is 5.54. The number of aliphatic hydroxyl groups excluding tert-OH is 1. The van der Waals surface area contributed by atoms with E-state index in [-0.39, 0.29) is 6.61 Å². The number of hydrogen-bond donors (Lipinski definition) is 2. The molecule has 1 saturated heterocycles. The summed E-state index contributed by atoms with van der Waals surface area (Å²) >= 11 is 0. The van der Waals surface area contributed by atoms with E-state index in [0.29, 0.717) is 18.5 Å². The van der Waals surface area contributed by atoms with Crippen LogP contribution in [0.4, 0.5) is 0 Å². The van der Waals surface area contributed by atoms with Crippen molar-refractivity contribution in [3.05, 3.63) is 29.8 Å². The standard InChI is InChI=1S/C14H21NO3/c16-9-10-18-14-5-7-15(8-6-14)11-12-1-3-13(17)4-2-12/h1-4,14,16-17H,5-11H2. The minimum Gasteiger partial charge on any atom is -0.508 e. The van der Waals surface area contributed by atoms with E-state index in [2.05, 4.69) is 4.90 Å². The molecule has 1 fully saturated rings. The SMILES string of the molecule is OCCOC1CCN(Cc2ccc(O)cc2)CC1. The van der Waals surface area contributed by atoms with Crippen molar-refractivity contribution in [1.82, 2.24) is 4.90 Å². The summed E-state index contributed by atoms with van der Waals surface area (Å²) in [6, 6.07) is 7.38. The summed E-state index contributed by atoms with van der Waals surface area (Å²) in [5.41, 5.74) is 1.22. The van der Waals surface area contributed by atoms with Gasteiger partial charge in [-0.2, -0.15) is 0 Å². The van der Waals surface area contributed by atoms with E-state index >= 15 is 0 Å². The van der Waals surface area contributed by atoms with Crippen LogP contribution >= 0.6 is 0 Å². The van der Waals surface area contributed by atoms with Crippen molar-refractivity contribution in [2.24, 2.45) is 0 Å². The Kier molecular flexibility index (Phi) is 4.99. The Labute approximate surface area is 108 Å². The first-order valence-electron chi connectivity index (χ1n) is 6.50. The minimum absolute atomic E-state index is 0.105. The second-order valence-corrected chi connectivity index (χ2v) is 4.74. The van der Waals surface area contributed by atoms with Gasteiger partial charge in [0.15, 0.2) is 0 Å². The van der Waals surface area contributed by atoms with E-state index in [4.69, 9.17) is 9.84 Å². The number of hydrogen-bond acceptors (Lipinski definition) is 4. The maximum Gasteiger partial charge on any atom is 0.115 e. The highest BCUT2D eigenvalue weighted by atomic mass is 16.5. The highest BCUT2D eigenvalue weighted by molar-refractivity contribution is 5.25. The summed E-state index contributed by atoms with van der Waals surface area (Å²) in [6.07, 6.45) is 2.35. The molecule has 0 saturated carbocycles. The largest absolute Gasteiger partial charge is 0.508 e. The van der Waals surface area contributed by atoms with Gasteiger partial charge in [-0.05, 0) is 30.5 Å². The summed E-state index contributed by atoms with van der Waals surface area (Å²) in [7, 11) is 0. The lowest BCUT2D eigenvalue weighted by atomic mass is 10.1. The summed E-state index contributed by atoms with van der Waals surface area (Å²) in [5, 5.41) is 17.9. The van der Waals surface area contributed by atoms with E-state index in [1.165, 1.54) is 5.56 Å². The van der Waals surface area contributed by atoms with Crippen LogP contribution in [0.2, 0.25) is 0 Å². The number of aliphatic hydroxyl groups is 1. The second kappa shape index (κ2) is 6.73. The summed E-state index contributed by atoms with van der Waals surface area (Å²) in [5.74, 6) is 0.315. The van der Waals surface area contributed by atoms with Crippen molar-refractivity contribution in [1.29, 1.82) is 0 Å². The summed E-state index contributed by atoms with van der Waals surface area (Å²) in [6.45, 7) is 3.53. The molecule has 0 bridgehead atoms. The van der Waals surface area contributed by atoms with E-state index in [9.17, 15) is 5.11 Å². The molecule has 4 nitrogen and oxygen atoms in total. The van der Waals surface area contributed by atoms with Gasteiger partial charge in [-0.15, -0.1) is 0 Å². The molecule has 1 heterocycles. The third-order valence-corrected chi connectivity index (χ3v) is 3.32. The van der Waals surface area contributed by atoms with Crippen molar-refractivity contribution >= 4 is 0 Å². The highest BCUT2D eigenvalue weighted by Crippen LogP contribution is 2.17. The Balaban J connectivity index is 1.74. The average molecular weight is 251 g/mol. The van der Waals surface area contributed by atoms with E-state index < -0.39 is 0 Å². The van der Waals surface area contributed by atoms with Gasteiger partial charge in [0.2, 0.25) is 0 Å². The molecule has 1 aliphatic rings. The number of aromatic hydroxyl groups is 1. The van der Waals surface area contributed by atoms with Crippen LogP contribution in [0.1, 0.15) is 18.4 Å². The van der Waals surface area contributed by atoms with Crippen molar-refractivity contribution in [3.63, 3.8) is 0 Å². The van der Waals surface area contributed by atoms with Gasteiger partial charge in [0, 0.05) is 19.6 Å². The van der Waals surface area contributed by atoms with Gasteiger partial charge in [-0.25, -0.2) is 0 Å². The zero-order chi connectivity index (χ0) is 12.8. The number of rotatable bonds is 5. The number of nitrogens with zero attached hydrogens (tertiary/aromatic N) is 1. The van der Waals surface area contributed by atoms with E-state index in [1.807, 2.05) is 12.1 Å². The molecule has 0 aliphatic carbocycles. The van der Waals surface area contributed by atoms with Gasteiger partial charge in [0.05, 0.1) is 19.3 Å². The van der Waals surface area contributed by atoms with Crippen LogP contribution in [-0.4, -0.2) is 47.5 Å². The van der Waals surface area contributed by atoms with Crippen LogP contribution in [0.15, 0.2) is 24.3 Å². The molecular formula is C14H21NO3. The first kappa shape index (κ1) is 13.3. The Morgan fingerprint density at radius 3 is 2.44 bits per heavy atom. The third kappa shape index (κ3) is 3.98. The van der Waals surface area contributed by atoms with Gasteiger partial charge < -0.3 is 14.9 Å². The molecular weight excluding hydrogens is 230 g/mol. The maximum atomic E-state index is 9.23. The number of benzene rings is 1. The Hall–Kier alpha value is -1.10. The number of piperidine rings is 1. The van der Waals surface area contributed by atoms with Crippen molar-refractivity contribution in [3.8, 4) is 5.75 Å². The third-order valence-electron chi connectivity index (χ3n) is 3.32. The molecule has 2 rings (SSSR count). The molecule has 0 amide bonds. The zero-order valence-corrected chi connectivity index (χ0v) is 10.6. The lowest BCUT2D eigenvalue weighted by molar-refractivity contribution is -0.00901. The molecule has 1 aromatic carbocycles. The molecule has 2 N–H and O–H groups in total. The first-order valence-corrected chi connectivity index (χ1v) is 6.50. The Morgan fingerprint density at radius 2 is 1.83 bits per heavy atom. The van der Waals surface area contributed by atoms with Crippen LogP contribution < -0.4 is 0 Å². The van der Waals surface area contributed by atoms with Gasteiger partial charge in [0.25, 0.3) is 0 Å². The Morgan fingerprint density at radius 1 is 1.17 bits per heavy atom. The van der Waals surface area contributed by atoms with Crippen LogP contribution in [0.25, 0.3) is 0 Å². The topological polar surface area (TPSA) is 52.9 Å². The van der Waals surface area contributed by atoms with Gasteiger partial charge in [-0.3, -0.25) is 4.90 Å². The number of phenols is 1. The van der Waals surface area contributed by atoms with Crippen LogP contribution in [0, 0.1) is 0 Å². The normalized spacial score (nSPS) is 18.1. The fraction of sp³-hybridized carbons (Fsp3) is 0.571. The predicted octanol–water partition coefficient (Wildman–Crippen LogP) is 1.37. The van der Waals surface area contributed by atoms with Crippen LogP contribution in [-0.2, 0) is 11.3 Å². The highest BCUT2D eigenvalue weighted by Gasteiger charge is 2.19. The van der Waals surface area contributed by atoms with Crippen molar-refractivity contribution in [2.75, 3.05) is 26.3 Å². The molecule has 1 aromatic rings. The molecule has 1 aliphatic heterocycles. The van der Waals surface area contributed by atoms with Gasteiger partial charge in [-0.1, -0.05) is 12.1 Å². The average Bonchev–Trinajstić information content (AvgIpc) is 2.41. The van der Waals surface area contributed by atoms with E-state index in [0.717, 1.165) is 32.5 Å². The Bertz CT molecular complexity index is 345. The fourth-order valence-electron chi connectivity index (χ4n) is 2.31. The molecule has 0 unspecified atom stereocenters. The summed E-state index contributed by atoms with van der Waals surface area (Å²) in [4.78, 5) is 2.39. The second-order valence-electron chi connectivity index (χ2n) is 4.74. The van der Waals surface area contributed by atoms with Crippen LogP contribution in [0.5, 0.6) is 5.75 Å².